The van der Waals surface area contributed by atoms with Crippen molar-refractivity contribution in [3.63, 3.8) is 0 Å². The summed E-state index contributed by atoms with van der Waals surface area (Å²) in [6.45, 7) is 1.92. The highest BCUT2D eigenvalue weighted by atomic mass is 16.6. The molecule has 6 heteroatoms. The molecule has 82 valence electrons. The molecule has 0 saturated carbocycles. The standard InChI is InChI=1S/C10H10N4O2/c1-6-2-3-8(7(11)4-6)13-10(15)9-5-12-16-14-9/h2-5H,11H2,1H3,(H,13,15). The Balaban J connectivity index is 2.18. The second kappa shape index (κ2) is 4.01. The van der Waals surface area contributed by atoms with E-state index < -0.39 is 5.91 Å². The van der Waals surface area contributed by atoms with Gasteiger partial charge in [-0.2, -0.15) is 0 Å². The van der Waals surface area contributed by atoms with Gasteiger partial charge in [-0.05, 0) is 29.8 Å². The fourth-order valence-corrected chi connectivity index (χ4v) is 1.25. The van der Waals surface area contributed by atoms with Gasteiger partial charge >= 0.3 is 0 Å². The highest BCUT2D eigenvalue weighted by molar-refractivity contribution is 6.04. The maximum absolute atomic E-state index is 11.6. The van der Waals surface area contributed by atoms with Crippen LogP contribution in [0.4, 0.5) is 11.4 Å². The molecule has 1 amide bonds. The first-order valence-corrected chi connectivity index (χ1v) is 4.62. The monoisotopic (exact) mass is 218 g/mol. The summed E-state index contributed by atoms with van der Waals surface area (Å²) in [4.78, 5) is 11.6. The van der Waals surface area contributed by atoms with Gasteiger partial charge in [-0.3, -0.25) is 4.79 Å². The van der Waals surface area contributed by atoms with Crippen LogP contribution in [0.1, 0.15) is 16.1 Å². The normalized spacial score (nSPS) is 10.1. The minimum Gasteiger partial charge on any atom is -0.397 e. The van der Waals surface area contributed by atoms with Gasteiger partial charge in [0, 0.05) is 0 Å². The van der Waals surface area contributed by atoms with Crippen molar-refractivity contribution in [1.82, 2.24) is 10.3 Å². The number of aryl methyl sites for hydroxylation is 1. The fraction of sp³-hybridized carbons (Fsp3) is 0.100. The predicted molar refractivity (Wildman–Crippen MR) is 57.8 cm³/mol. The van der Waals surface area contributed by atoms with E-state index in [0.29, 0.717) is 11.4 Å². The highest BCUT2D eigenvalue weighted by Crippen LogP contribution is 2.19. The van der Waals surface area contributed by atoms with Gasteiger partial charge in [-0.15, -0.1) is 0 Å². The molecule has 0 bridgehead atoms. The van der Waals surface area contributed by atoms with Crippen LogP contribution in [0.25, 0.3) is 0 Å². The average molecular weight is 218 g/mol. The number of nitrogens with zero attached hydrogens (tertiary/aromatic N) is 2. The zero-order valence-corrected chi connectivity index (χ0v) is 8.60. The molecule has 0 aliphatic rings. The highest BCUT2D eigenvalue weighted by Gasteiger charge is 2.11. The third-order valence-corrected chi connectivity index (χ3v) is 2.05. The number of benzene rings is 1. The maximum atomic E-state index is 11.6. The summed E-state index contributed by atoms with van der Waals surface area (Å²) in [5.41, 5.74) is 7.93. The Labute approximate surface area is 91.4 Å². The van der Waals surface area contributed by atoms with E-state index in [2.05, 4.69) is 20.3 Å². The van der Waals surface area contributed by atoms with Gasteiger partial charge in [0.15, 0.2) is 5.69 Å². The van der Waals surface area contributed by atoms with E-state index in [9.17, 15) is 4.79 Å². The molecule has 0 fully saturated rings. The number of hydrogen-bond donors (Lipinski definition) is 2. The first kappa shape index (κ1) is 10.2. The summed E-state index contributed by atoms with van der Waals surface area (Å²) < 4.78 is 4.33. The summed E-state index contributed by atoms with van der Waals surface area (Å²) in [7, 11) is 0. The third-order valence-electron chi connectivity index (χ3n) is 2.05. The van der Waals surface area contributed by atoms with Crippen molar-refractivity contribution in [1.29, 1.82) is 0 Å². The maximum Gasteiger partial charge on any atom is 0.279 e. The van der Waals surface area contributed by atoms with E-state index in [0.717, 1.165) is 5.56 Å². The lowest BCUT2D eigenvalue weighted by atomic mass is 10.2. The van der Waals surface area contributed by atoms with Crippen molar-refractivity contribution in [2.24, 2.45) is 0 Å². The van der Waals surface area contributed by atoms with Gasteiger partial charge in [0.05, 0.1) is 11.4 Å². The predicted octanol–water partition coefficient (Wildman–Crippen LogP) is 1.21. The van der Waals surface area contributed by atoms with Crippen LogP contribution in [-0.2, 0) is 0 Å². The van der Waals surface area contributed by atoms with E-state index >= 15 is 0 Å². The summed E-state index contributed by atoms with van der Waals surface area (Å²) in [6.07, 6.45) is 1.24. The van der Waals surface area contributed by atoms with E-state index in [4.69, 9.17) is 5.73 Å². The lowest BCUT2D eigenvalue weighted by molar-refractivity contribution is 0.101. The Bertz CT molecular complexity index is 508. The fourth-order valence-electron chi connectivity index (χ4n) is 1.25. The first-order chi connectivity index (χ1) is 7.66. The molecule has 0 radical (unpaired) electrons. The molecule has 0 aliphatic heterocycles. The number of amides is 1. The molecule has 16 heavy (non-hydrogen) atoms. The van der Waals surface area contributed by atoms with Crippen LogP contribution >= 0.6 is 0 Å². The Hall–Kier alpha value is -2.37. The number of carbonyl (C=O) groups excluding carboxylic acids is 1. The van der Waals surface area contributed by atoms with Gasteiger partial charge in [0.25, 0.3) is 5.91 Å². The van der Waals surface area contributed by atoms with Crippen molar-refractivity contribution in [2.75, 3.05) is 11.1 Å². The third kappa shape index (κ3) is 2.00. The number of nitrogens with two attached hydrogens (primary N) is 1. The van der Waals surface area contributed by atoms with E-state index in [-0.39, 0.29) is 5.69 Å². The topological polar surface area (TPSA) is 94.0 Å². The number of rotatable bonds is 2. The Morgan fingerprint density at radius 2 is 2.31 bits per heavy atom. The number of aromatic nitrogens is 2. The van der Waals surface area contributed by atoms with Crippen LogP contribution in [-0.4, -0.2) is 16.2 Å². The molecule has 1 aromatic heterocycles. The molecule has 1 heterocycles. The number of nitrogens with one attached hydrogen (secondary N) is 1. The molecule has 0 atom stereocenters. The number of anilines is 2. The van der Waals surface area contributed by atoms with Gasteiger partial charge < -0.3 is 11.1 Å². The smallest absolute Gasteiger partial charge is 0.279 e. The summed E-state index contributed by atoms with van der Waals surface area (Å²) in [6, 6.07) is 5.36. The van der Waals surface area contributed by atoms with Gasteiger partial charge in [0.1, 0.15) is 6.20 Å². The van der Waals surface area contributed by atoms with E-state index in [1.165, 1.54) is 6.20 Å². The largest absolute Gasteiger partial charge is 0.397 e. The molecule has 2 rings (SSSR count). The van der Waals surface area contributed by atoms with Crippen molar-refractivity contribution in [3.8, 4) is 0 Å². The zero-order chi connectivity index (χ0) is 11.5. The van der Waals surface area contributed by atoms with Crippen LogP contribution in [0, 0.1) is 6.92 Å². The van der Waals surface area contributed by atoms with E-state index in [1.54, 1.807) is 12.1 Å². The molecular formula is C10H10N4O2. The van der Waals surface area contributed by atoms with Gasteiger partial charge in [-0.25, -0.2) is 4.63 Å². The molecule has 0 spiro atoms. The lowest BCUT2D eigenvalue weighted by Crippen LogP contribution is -2.13. The quantitative estimate of drug-likeness (QED) is 0.739. The Morgan fingerprint density at radius 1 is 1.50 bits per heavy atom. The average Bonchev–Trinajstić information content (AvgIpc) is 2.75. The second-order valence-electron chi connectivity index (χ2n) is 3.34. The summed E-state index contributed by atoms with van der Waals surface area (Å²) in [5.74, 6) is -0.406. The lowest BCUT2D eigenvalue weighted by Gasteiger charge is -2.06. The Morgan fingerprint density at radius 3 is 2.94 bits per heavy atom. The van der Waals surface area contributed by atoms with E-state index in [1.807, 2.05) is 13.0 Å². The van der Waals surface area contributed by atoms with Crippen LogP contribution in [0.15, 0.2) is 29.0 Å². The van der Waals surface area contributed by atoms with Crippen molar-refractivity contribution in [2.45, 2.75) is 6.92 Å². The molecule has 3 N–H and O–H groups in total. The van der Waals surface area contributed by atoms with Crippen LogP contribution in [0.3, 0.4) is 0 Å². The van der Waals surface area contributed by atoms with Crippen LogP contribution in [0.2, 0.25) is 0 Å². The first-order valence-electron chi connectivity index (χ1n) is 4.62. The molecule has 0 saturated heterocycles. The molecule has 0 unspecified atom stereocenters. The van der Waals surface area contributed by atoms with Gasteiger partial charge in [0.2, 0.25) is 0 Å². The molecule has 2 aromatic rings. The van der Waals surface area contributed by atoms with Crippen molar-refractivity contribution < 1.29 is 9.42 Å². The van der Waals surface area contributed by atoms with Crippen LogP contribution < -0.4 is 11.1 Å². The van der Waals surface area contributed by atoms with Crippen LogP contribution in [0.5, 0.6) is 0 Å². The summed E-state index contributed by atoms with van der Waals surface area (Å²) >= 11 is 0. The minimum atomic E-state index is -0.406. The molecule has 1 aromatic carbocycles. The zero-order valence-electron chi connectivity index (χ0n) is 8.60. The molecule has 0 aliphatic carbocycles. The summed E-state index contributed by atoms with van der Waals surface area (Å²) in [5, 5.41) is 9.38. The minimum absolute atomic E-state index is 0.111. The SMILES string of the molecule is Cc1ccc(NC(=O)c2cnon2)c(N)c1. The number of hydrogen-bond acceptors (Lipinski definition) is 5. The molecule has 6 nitrogen and oxygen atoms in total. The van der Waals surface area contributed by atoms with Crippen molar-refractivity contribution >= 4 is 17.3 Å². The molecular weight excluding hydrogens is 208 g/mol. The van der Waals surface area contributed by atoms with Gasteiger partial charge in [-0.1, -0.05) is 11.2 Å². The van der Waals surface area contributed by atoms with Crippen molar-refractivity contribution in [3.05, 3.63) is 35.7 Å². The number of carbonyl (C=O) groups is 1. The number of nitrogen functional groups attached to an aromatic ring is 1. The second-order valence-corrected chi connectivity index (χ2v) is 3.34. The Kier molecular flexibility index (Phi) is 2.55.